The number of hydrogen-bond acceptors (Lipinski definition) is 6. The molecule has 0 radical (unpaired) electrons. The fraction of sp³-hybridized carbons (Fsp3) is 0.286. The zero-order valence-corrected chi connectivity index (χ0v) is 16.6. The van der Waals surface area contributed by atoms with Crippen molar-refractivity contribution in [2.24, 2.45) is 0 Å². The Morgan fingerprint density at radius 1 is 1.10 bits per heavy atom. The number of aliphatic hydroxyl groups excluding tert-OH is 1. The molecular formula is C21H24N4O4. The normalized spacial score (nSPS) is 12.8. The minimum Gasteiger partial charge on any atom is -0.493 e. The van der Waals surface area contributed by atoms with Crippen LogP contribution in [0.15, 0.2) is 54.7 Å². The largest absolute Gasteiger partial charge is 0.493 e. The maximum atomic E-state index is 12.5. The van der Waals surface area contributed by atoms with Crippen molar-refractivity contribution in [2.75, 3.05) is 14.2 Å². The lowest BCUT2D eigenvalue weighted by atomic mass is 10.1. The molecule has 0 bridgehead atoms. The van der Waals surface area contributed by atoms with Crippen LogP contribution in [0.4, 0.5) is 0 Å². The molecule has 2 aromatic carbocycles. The van der Waals surface area contributed by atoms with Crippen molar-refractivity contribution in [3.8, 4) is 11.5 Å². The minimum atomic E-state index is -0.737. The second kappa shape index (κ2) is 9.20. The lowest BCUT2D eigenvalue weighted by molar-refractivity contribution is 0.0934. The van der Waals surface area contributed by atoms with Gasteiger partial charge in [0.05, 0.1) is 39.1 Å². The lowest BCUT2D eigenvalue weighted by Crippen LogP contribution is -2.27. The highest BCUT2D eigenvalue weighted by Gasteiger charge is 2.17. The summed E-state index contributed by atoms with van der Waals surface area (Å²) in [6.45, 7) is 2.07. The highest BCUT2D eigenvalue weighted by atomic mass is 16.5. The van der Waals surface area contributed by atoms with Crippen LogP contribution in [0.1, 0.15) is 40.7 Å². The number of methoxy groups -OCH3 is 2. The quantitative estimate of drug-likeness (QED) is 0.607. The Bertz CT molecular complexity index is 958. The van der Waals surface area contributed by atoms with Gasteiger partial charge in [0.1, 0.15) is 0 Å². The van der Waals surface area contributed by atoms with Gasteiger partial charge in [-0.05, 0) is 30.2 Å². The van der Waals surface area contributed by atoms with E-state index in [0.29, 0.717) is 11.5 Å². The van der Waals surface area contributed by atoms with Crippen LogP contribution in [-0.2, 0) is 6.54 Å². The number of rotatable bonds is 8. The molecule has 0 aliphatic rings. The summed E-state index contributed by atoms with van der Waals surface area (Å²) < 4.78 is 12.0. The van der Waals surface area contributed by atoms with Crippen LogP contribution in [0, 0.1) is 0 Å². The van der Waals surface area contributed by atoms with E-state index in [4.69, 9.17) is 9.47 Å². The first-order chi connectivity index (χ1) is 14.0. The molecule has 0 saturated carbocycles. The van der Waals surface area contributed by atoms with Crippen LogP contribution in [0.5, 0.6) is 11.5 Å². The Balaban J connectivity index is 1.64. The van der Waals surface area contributed by atoms with Crippen molar-refractivity contribution in [1.82, 2.24) is 20.3 Å². The molecule has 2 atom stereocenters. The van der Waals surface area contributed by atoms with Crippen molar-refractivity contribution in [3.63, 3.8) is 0 Å². The van der Waals surface area contributed by atoms with Crippen molar-refractivity contribution in [3.05, 3.63) is 71.5 Å². The summed E-state index contributed by atoms with van der Waals surface area (Å²) in [6, 6.07) is 14.5. The van der Waals surface area contributed by atoms with Gasteiger partial charge in [-0.1, -0.05) is 41.6 Å². The van der Waals surface area contributed by atoms with E-state index in [2.05, 4.69) is 15.6 Å². The predicted octanol–water partition coefficient (Wildman–Crippen LogP) is 2.52. The van der Waals surface area contributed by atoms with Gasteiger partial charge in [-0.3, -0.25) is 4.79 Å². The number of ether oxygens (including phenoxy) is 2. The topological polar surface area (TPSA) is 98.5 Å². The molecule has 0 fully saturated rings. The third-order valence-corrected chi connectivity index (χ3v) is 4.57. The van der Waals surface area contributed by atoms with Gasteiger partial charge in [-0.2, -0.15) is 0 Å². The molecule has 1 heterocycles. The summed E-state index contributed by atoms with van der Waals surface area (Å²) in [4.78, 5) is 12.5. The number of hydrogen-bond donors (Lipinski definition) is 2. The Morgan fingerprint density at radius 2 is 1.83 bits per heavy atom. The minimum absolute atomic E-state index is 0.178. The third-order valence-electron chi connectivity index (χ3n) is 4.57. The SMILES string of the molecule is COc1ccc(C(C)NC(=O)c2cn(CC(O)c3ccccc3)nn2)cc1OC. The van der Waals surface area contributed by atoms with E-state index in [-0.39, 0.29) is 24.2 Å². The summed E-state index contributed by atoms with van der Waals surface area (Å²) in [7, 11) is 3.13. The summed E-state index contributed by atoms with van der Waals surface area (Å²) in [6.07, 6.45) is 0.780. The average Bonchev–Trinajstić information content (AvgIpc) is 3.22. The van der Waals surface area contributed by atoms with Gasteiger partial charge in [0.15, 0.2) is 17.2 Å². The lowest BCUT2D eigenvalue weighted by Gasteiger charge is -2.16. The standard InChI is InChI=1S/C21H24N4O4/c1-14(16-9-10-19(28-2)20(11-16)29-3)22-21(27)17-12-25(24-23-17)13-18(26)15-7-5-4-6-8-15/h4-12,14,18,26H,13H2,1-3H3,(H,22,27). The van der Waals surface area contributed by atoms with Crippen LogP contribution in [0.2, 0.25) is 0 Å². The van der Waals surface area contributed by atoms with E-state index in [1.807, 2.05) is 49.4 Å². The van der Waals surface area contributed by atoms with Crippen molar-refractivity contribution < 1.29 is 19.4 Å². The van der Waals surface area contributed by atoms with Gasteiger partial charge in [0.25, 0.3) is 5.91 Å². The number of carbonyl (C=O) groups excluding carboxylic acids is 1. The first kappa shape index (κ1) is 20.3. The molecule has 8 heteroatoms. The molecule has 3 aromatic rings. The molecular weight excluding hydrogens is 372 g/mol. The first-order valence-electron chi connectivity index (χ1n) is 9.17. The second-order valence-corrected chi connectivity index (χ2v) is 6.56. The fourth-order valence-corrected chi connectivity index (χ4v) is 2.93. The van der Waals surface area contributed by atoms with Crippen molar-refractivity contribution >= 4 is 5.91 Å². The van der Waals surface area contributed by atoms with Gasteiger partial charge in [0.2, 0.25) is 0 Å². The number of benzene rings is 2. The molecule has 0 aliphatic carbocycles. The Morgan fingerprint density at radius 3 is 2.52 bits per heavy atom. The number of amides is 1. The van der Waals surface area contributed by atoms with Crippen LogP contribution in [-0.4, -0.2) is 40.2 Å². The first-order valence-corrected chi connectivity index (χ1v) is 9.17. The Labute approximate surface area is 169 Å². The monoisotopic (exact) mass is 396 g/mol. The van der Waals surface area contributed by atoms with Gasteiger partial charge in [-0.25, -0.2) is 4.68 Å². The molecule has 3 rings (SSSR count). The second-order valence-electron chi connectivity index (χ2n) is 6.56. The van der Waals surface area contributed by atoms with Crippen molar-refractivity contribution in [1.29, 1.82) is 0 Å². The molecule has 1 aromatic heterocycles. The maximum absolute atomic E-state index is 12.5. The van der Waals surface area contributed by atoms with E-state index in [1.54, 1.807) is 20.3 Å². The van der Waals surface area contributed by atoms with Gasteiger partial charge in [-0.15, -0.1) is 5.10 Å². The third kappa shape index (κ3) is 4.91. The average molecular weight is 396 g/mol. The molecule has 0 spiro atoms. The molecule has 0 aliphatic heterocycles. The Hall–Kier alpha value is -3.39. The fourth-order valence-electron chi connectivity index (χ4n) is 2.93. The molecule has 2 unspecified atom stereocenters. The summed E-state index contributed by atoms with van der Waals surface area (Å²) in [5.74, 6) is 0.856. The van der Waals surface area contributed by atoms with Crippen LogP contribution >= 0.6 is 0 Å². The highest BCUT2D eigenvalue weighted by molar-refractivity contribution is 5.92. The van der Waals surface area contributed by atoms with E-state index >= 15 is 0 Å². The number of aliphatic hydroxyl groups is 1. The van der Waals surface area contributed by atoms with Gasteiger partial charge >= 0.3 is 0 Å². The predicted molar refractivity (Wildman–Crippen MR) is 107 cm³/mol. The van der Waals surface area contributed by atoms with Crippen LogP contribution in [0.25, 0.3) is 0 Å². The summed E-state index contributed by atoms with van der Waals surface area (Å²) in [5.41, 5.74) is 1.82. The van der Waals surface area contributed by atoms with Crippen LogP contribution in [0.3, 0.4) is 0 Å². The van der Waals surface area contributed by atoms with Gasteiger partial charge < -0.3 is 19.9 Å². The summed E-state index contributed by atoms with van der Waals surface area (Å²) in [5, 5.41) is 21.0. The van der Waals surface area contributed by atoms with Gasteiger partial charge in [0, 0.05) is 0 Å². The summed E-state index contributed by atoms with van der Waals surface area (Å²) >= 11 is 0. The number of carbonyl (C=O) groups is 1. The highest BCUT2D eigenvalue weighted by Crippen LogP contribution is 2.29. The van der Waals surface area contributed by atoms with E-state index in [1.165, 1.54) is 10.9 Å². The van der Waals surface area contributed by atoms with E-state index in [0.717, 1.165) is 11.1 Å². The smallest absolute Gasteiger partial charge is 0.273 e. The Kier molecular flexibility index (Phi) is 6.46. The zero-order chi connectivity index (χ0) is 20.8. The molecule has 8 nitrogen and oxygen atoms in total. The van der Waals surface area contributed by atoms with Crippen molar-refractivity contribution in [2.45, 2.75) is 25.6 Å². The number of nitrogens with one attached hydrogen (secondary N) is 1. The van der Waals surface area contributed by atoms with Crippen LogP contribution < -0.4 is 14.8 Å². The van der Waals surface area contributed by atoms with E-state index < -0.39 is 6.10 Å². The van der Waals surface area contributed by atoms with E-state index in [9.17, 15) is 9.90 Å². The number of nitrogens with zero attached hydrogens (tertiary/aromatic N) is 3. The zero-order valence-electron chi connectivity index (χ0n) is 16.6. The molecule has 29 heavy (non-hydrogen) atoms. The maximum Gasteiger partial charge on any atom is 0.273 e. The molecule has 2 N–H and O–H groups in total. The number of aromatic nitrogens is 3. The molecule has 152 valence electrons. The molecule has 0 saturated heterocycles. The molecule has 1 amide bonds.